The fraction of sp³-hybridized carbons (Fsp3) is 0. The smallest absolute Gasteiger partial charge is 0.439 e. The van der Waals surface area contributed by atoms with E-state index in [2.05, 4.69) is 12.3 Å². The van der Waals surface area contributed by atoms with Gasteiger partial charge in [-0.1, -0.05) is 6.58 Å². The van der Waals surface area contributed by atoms with Gasteiger partial charge < -0.3 is 18.7 Å². The van der Waals surface area contributed by atoms with E-state index in [1.807, 2.05) is 0 Å². The van der Waals surface area contributed by atoms with Crippen molar-refractivity contribution in [1.29, 1.82) is 0 Å². The fourth-order valence-corrected chi connectivity index (χ4v) is 0. The molecule has 0 bridgehead atoms. The van der Waals surface area contributed by atoms with E-state index in [-0.39, 0.29) is 18.9 Å². The molecule has 0 heterocycles. The zero-order chi connectivity index (χ0) is 7.86. The van der Waals surface area contributed by atoms with Gasteiger partial charge in [-0.05, 0) is 6.08 Å². The minimum atomic E-state index is -2.86. The molecule has 0 aliphatic heterocycles. The van der Waals surface area contributed by atoms with Crippen LogP contribution in [0, 0.1) is 0 Å². The quantitative estimate of drug-likeness (QED) is 0.136. The second-order valence-corrected chi connectivity index (χ2v) is 1.26. The summed E-state index contributed by atoms with van der Waals surface area (Å²) in [5.41, 5.74) is 4.53. The maximum atomic E-state index is 9.47. The molecule has 0 fully saturated rings. The van der Waals surface area contributed by atoms with Crippen molar-refractivity contribution in [3.05, 3.63) is 12.7 Å². The van der Waals surface area contributed by atoms with Crippen molar-refractivity contribution in [2.24, 2.45) is 5.73 Å². The Bertz CT molecular complexity index is 158. The van der Waals surface area contributed by atoms with Gasteiger partial charge in [-0.2, -0.15) is 0 Å². The van der Waals surface area contributed by atoms with Crippen molar-refractivity contribution in [1.82, 2.24) is 0 Å². The van der Waals surface area contributed by atoms with Crippen LogP contribution in [-0.2, 0) is 24.2 Å². The molecule has 54 valence electrons. The fourth-order valence-electron chi connectivity index (χ4n) is 0. The first-order valence-electron chi connectivity index (χ1n) is 1.71. The molecule has 5 nitrogen and oxygen atoms in total. The van der Waals surface area contributed by atoms with E-state index in [4.69, 9.17) is 13.0 Å². The molecule has 1 amide bonds. The van der Waals surface area contributed by atoms with Crippen molar-refractivity contribution in [2.75, 3.05) is 0 Å². The molecule has 0 aromatic heterocycles. The maximum Gasteiger partial charge on any atom is 1.00 e. The number of hydrogen-bond donors (Lipinski definition) is 2. The Hall–Kier alpha value is -0.283. The summed E-state index contributed by atoms with van der Waals surface area (Å²) in [5.74, 6) is -0.481. The molecule has 0 saturated carbocycles. The molecular formula is C3H6LiNO4S. The predicted molar refractivity (Wildman–Crippen MR) is 30.8 cm³/mol. The van der Waals surface area contributed by atoms with E-state index in [9.17, 15) is 4.79 Å². The number of primary amides is 1. The first-order chi connectivity index (χ1) is 4.00. The van der Waals surface area contributed by atoms with E-state index < -0.39 is 16.9 Å². The summed E-state index contributed by atoms with van der Waals surface area (Å²) in [5, 5.41) is 0. The molecule has 0 unspecified atom stereocenters. The molecule has 0 aromatic rings. The molecule has 0 rings (SSSR count). The Morgan fingerprint density at radius 1 is 1.60 bits per heavy atom. The van der Waals surface area contributed by atoms with Gasteiger partial charge in [0.05, 0.1) is 0 Å². The summed E-state index contributed by atoms with van der Waals surface area (Å²) < 4.78 is 24.1. The van der Waals surface area contributed by atoms with Gasteiger partial charge in [-0.3, -0.25) is 4.79 Å². The van der Waals surface area contributed by atoms with E-state index in [1.54, 1.807) is 0 Å². The number of hydrogen-bond acceptors (Lipinski definition) is 4. The molecule has 0 saturated heterocycles. The molecule has 3 N–H and O–H groups in total. The molecule has 0 radical (unpaired) electrons. The van der Waals surface area contributed by atoms with Crippen molar-refractivity contribution in [3.8, 4) is 0 Å². The monoisotopic (exact) mass is 159 g/mol. The van der Waals surface area contributed by atoms with E-state index >= 15 is 0 Å². The molecule has 0 aliphatic carbocycles. The van der Waals surface area contributed by atoms with Crippen LogP contribution in [0.3, 0.4) is 0 Å². The zero-order valence-corrected chi connectivity index (χ0v) is 6.26. The van der Waals surface area contributed by atoms with Crippen molar-refractivity contribution in [2.45, 2.75) is 0 Å². The first-order valence-corrected chi connectivity index (χ1v) is 2.74. The van der Waals surface area contributed by atoms with Crippen molar-refractivity contribution >= 4 is 16.9 Å². The number of carbonyl (C=O) groups is 1. The summed E-state index contributed by atoms with van der Waals surface area (Å²) in [7, 11) is -2.86. The normalized spacial score (nSPS) is 6.60. The van der Waals surface area contributed by atoms with Gasteiger partial charge in [0.2, 0.25) is 5.91 Å². The molecule has 10 heavy (non-hydrogen) atoms. The summed E-state index contributed by atoms with van der Waals surface area (Å²) in [6.45, 7) is 3.09. The second-order valence-electron chi connectivity index (χ2n) is 0.824. The van der Waals surface area contributed by atoms with E-state index in [1.165, 1.54) is 0 Å². The third-order valence-corrected chi connectivity index (χ3v) is 0.201. The van der Waals surface area contributed by atoms with Crippen LogP contribution in [0.2, 0.25) is 0 Å². The summed E-state index contributed by atoms with van der Waals surface area (Å²) in [6, 6.07) is 0. The number of carbonyl (C=O) groups excluding carboxylic acids is 1. The van der Waals surface area contributed by atoms with Gasteiger partial charge in [0.15, 0.2) is 0 Å². The van der Waals surface area contributed by atoms with Crippen LogP contribution in [0.1, 0.15) is 0 Å². The van der Waals surface area contributed by atoms with Crippen LogP contribution >= 0.6 is 0 Å². The SMILES string of the molecule is C=CC(N)=O.O=[S-](=O)O.[Li+]. The van der Waals surface area contributed by atoms with Gasteiger partial charge in [-0.25, -0.2) is 0 Å². The van der Waals surface area contributed by atoms with E-state index in [0.29, 0.717) is 0 Å². The van der Waals surface area contributed by atoms with Crippen molar-refractivity contribution < 1.29 is 36.6 Å². The van der Waals surface area contributed by atoms with Gasteiger partial charge in [0, 0.05) is 11.0 Å². The Balaban J connectivity index is -0.0000000910. The Labute approximate surface area is 72.2 Å². The van der Waals surface area contributed by atoms with Crippen LogP contribution in [0.25, 0.3) is 0 Å². The molecule has 0 aliphatic rings. The second kappa shape index (κ2) is 11.5. The average molecular weight is 159 g/mol. The summed E-state index contributed by atoms with van der Waals surface area (Å²) >= 11 is 0. The number of amides is 1. The topological polar surface area (TPSA) is 97.5 Å². The molecule has 0 spiro atoms. The molecular weight excluding hydrogens is 153 g/mol. The van der Waals surface area contributed by atoms with E-state index in [0.717, 1.165) is 6.08 Å². The Morgan fingerprint density at radius 3 is 1.70 bits per heavy atom. The number of rotatable bonds is 1. The third kappa shape index (κ3) is 118. The van der Waals surface area contributed by atoms with Crippen LogP contribution in [0.4, 0.5) is 0 Å². The zero-order valence-electron chi connectivity index (χ0n) is 5.44. The Morgan fingerprint density at radius 2 is 1.70 bits per heavy atom. The largest absolute Gasteiger partial charge is 1.00 e. The summed E-state index contributed by atoms with van der Waals surface area (Å²) in [6.07, 6.45) is 1.06. The molecule has 0 atom stereocenters. The standard InChI is InChI=1S/C3H5NO.Li.HO3S/c1-2-3(4)5;;1-4(2)3/h2H,1H2,(H2,4,5);;(H,1,2,3)/q;+1;-1. The van der Waals surface area contributed by atoms with Crippen LogP contribution in [0.15, 0.2) is 12.7 Å². The van der Waals surface area contributed by atoms with Crippen LogP contribution in [-0.4, -0.2) is 10.5 Å². The van der Waals surface area contributed by atoms with Crippen LogP contribution in [0.5, 0.6) is 0 Å². The molecule has 7 heteroatoms. The predicted octanol–water partition coefficient (Wildman–Crippen LogP) is -3.57. The minimum Gasteiger partial charge on any atom is -0.439 e. The third-order valence-electron chi connectivity index (χ3n) is 0.201. The summed E-state index contributed by atoms with van der Waals surface area (Å²) in [4.78, 5) is 9.47. The van der Waals surface area contributed by atoms with Gasteiger partial charge >= 0.3 is 18.9 Å². The van der Waals surface area contributed by atoms with Gasteiger partial charge in [0.1, 0.15) is 0 Å². The van der Waals surface area contributed by atoms with Gasteiger partial charge in [0.25, 0.3) is 0 Å². The van der Waals surface area contributed by atoms with Crippen molar-refractivity contribution in [3.63, 3.8) is 0 Å². The maximum absolute atomic E-state index is 9.47. The average Bonchev–Trinajstić information content (AvgIpc) is 1.65. The van der Waals surface area contributed by atoms with Gasteiger partial charge in [-0.15, -0.1) is 0 Å². The Kier molecular flexibility index (Phi) is 18.8. The minimum absolute atomic E-state index is 0. The molecule has 0 aromatic carbocycles. The number of nitrogens with two attached hydrogens (primary N) is 1. The first kappa shape index (κ1) is 16.4. The van der Waals surface area contributed by atoms with Crippen LogP contribution < -0.4 is 24.6 Å².